The number of nitrogens with zero attached hydrogens (tertiary/aromatic N) is 4. The first kappa shape index (κ1) is 6.65. The van der Waals surface area contributed by atoms with E-state index in [2.05, 4.69) is 25.4 Å². The van der Waals surface area contributed by atoms with Gasteiger partial charge in [0.05, 0.1) is 6.20 Å². The van der Waals surface area contributed by atoms with E-state index in [1.807, 2.05) is 0 Å². The molecule has 2 aromatic rings. The van der Waals surface area contributed by atoms with E-state index >= 15 is 0 Å². The predicted molar refractivity (Wildman–Crippen MR) is 40.2 cm³/mol. The van der Waals surface area contributed by atoms with Crippen LogP contribution in [0.15, 0.2) is 11.0 Å². The molecule has 0 amide bonds. The summed E-state index contributed by atoms with van der Waals surface area (Å²) in [6, 6.07) is 0. The largest absolute Gasteiger partial charge is 0.368 e. The van der Waals surface area contributed by atoms with E-state index in [4.69, 9.17) is 5.73 Å². The van der Waals surface area contributed by atoms with E-state index < -0.39 is 5.56 Å². The van der Waals surface area contributed by atoms with Crippen LogP contribution < -0.4 is 11.3 Å². The highest BCUT2D eigenvalue weighted by molar-refractivity contribution is 5.71. The summed E-state index contributed by atoms with van der Waals surface area (Å²) in [5, 5.41) is 9.07. The molecule has 2 rings (SSSR count). The number of aromatic amines is 1. The molecule has 0 unspecified atom stereocenters. The zero-order chi connectivity index (χ0) is 8.55. The van der Waals surface area contributed by atoms with Crippen molar-refractivity contribution in [2.75, 3.05) is 5.73 Å². The quantitative estimate of drug-likeness (QED) is 0.500. The fourth-order valence-corrected chi connectivity index (χ4v) is 0.807. The Morgan fingerprint density at radius 2 is 2.33 bits per heavy atom. The molecular formula is C5H4N6O. The molecule has 7 nitrogen and oxygen atoms in total. The monoisotopic (exact) mass is 164 g/mol. The minimum absolute atomic E-state index is 0.0426. The highest BCUT2D eigenvalue weighted by Gasteiger charge is 2.01. The second kappa shape index (κ2) is 2.22. The molecule has 3 N–H and O–H groups in total. The molecule has 0 bridgehead atoms. The summed E-state index contributed by atoms with van der Waals surface area (Å²) in [7, 11) is 0. The molecule has 0 aliphatic heterocycles. The predicted octanol–water partition coefficient (Wildman–Crippen LogP) is -1.31. The SMILES string of the molecule is Nc1ncc2nn[nH]c(=O)c2n1. The third kappa shape index (κ3) is 0.875. The molecule has 0 aliphatic carbocycles. The van der Waals surface area contributed by atoms with Crippen LogP contribution in [0.3, 0.4) is 0 Å². The van der Waals surface area contributed by atoms with Gasteiger partial charge in [-0.05, 0) is 0 Å². The topological polar surface area (TPSA) is 110 Å². The second-order valence-electron chi connectivity index (χ2n) is 2.10. The Morgan fingerprint density at radius 3 is 3.17 bits per heavy atom. The summed E-state index contributed by atoms with van der Waals surface area (Å²) in [5.41, 5.74) is 5.32. The van der Waals surface area contributed by atoms with E-state index in [-0.39, 0.29) is 11.5 Å². The summed E-state index contributed by atoms with van der Waals surface area (Å²) in [6.45, 7) is 0. The van der Waals surface area contributed by atoms with Crippen LogP contribution in [0.5, 0.6) is 0 Å². The number of nitrogen functional groups attached to an aromatic ring is 1. The Bertz CT molecular complexity index is 477. The smallest absolute Gasteiger partial charge is 0.293 e. The van der Waals surface area contributed by atoms with Gasteiger partial charge in [0.15, 0.2) is 5.52 Å². The molecule has 0 saturated carbocycles. The lowest BCUT2D eigenvalue weighted by Crippen LogP contribution is -2.12. The van der Waals surface area contributed by atoms with Crippen LogP contribution in [-0.4, -0.2) is 25.4 Å². The van der Waals surface area contributed by atoms with Gasteiger partial charge in [0.1, 0.15) is 5.52 Å². The lowest BCUT2D eigenvalue weighted by Gasteiger charge is -1.92. The van der Waals surface area contributed by atoms with Crippen LogP contribution in [-0.2, 0) is 0 Å². The standard InChI is InChI=1S/C5H4N6O/c6-5-7-1-2-3(8-5)4(12)10-11-9-2/h1H,(H2,6,7,8)(H,9,10,12). The minimum atomic E-state index is -0.422. The van der Waals surface area contributed by atoms with Crippen LogP contribution >= 0.6 is 0 Å². The molecule has 0 fully saturated rings. The molecule has 0 spiro atoms. The zero-order valence-electron chi connectivity index (χ0n) is 5.85. The van der Waals surface area contributed by atoms with Crippen molar-refractivity contribution in [2.45, 2.75) is 0 Å². The van der Waals surface area contributed by atoms with Crippen LogP contribution in [0.25, 0.3) is 11.0 Å². The van der Waals surface area contributed by atoms with Crippen molar-refractivity contribution in [2.24, 2.45) is 0 Å². The molecule has 60 valence electrons. The van der Waals surface area contributed by atoms with Crippen LogP contribution in [0.4, 0.5) is 5.95 Å². The molecule has 2 heterocycles. The van der Waals surface area contributed by atoms with Gasteiger partial charge in [0.2, 0.25) is 5.95 Å². The van der Waals surface area contributed by atoms with Gasteiger partial charge in [-0.15, -0.1) is 5.10 Å². The Labute approximate surface area is 65.6 Å². The van der Waals surface area contributed by atoms with Crippen molar-refractivity contribution in [1.82, 2.24) is 25.4 Å². The molecular weight excluding hydrogens is 160 g/mol. The summed E-state index contributed by atoms with van der Waals surface area (Å²) in [6.07, 6.45) is 1.35. The molecule has 0 atom stereocenters. The first-order valence-corrected chi connectivity index (χ1v) is 3.11. The van der Waals surface area contributed by atoms with E-state index in [9.17, 15) is 4.79 Å². The lowest BCUT2D eigenvalue weighted by molar-refractivity contribution is 0.865. The summed E-state index contributed by atoms with van der Waals surface area (Å²) in [5.74, 6) is 0.0426. The summed E-state index contributed by atoms with van der Waals surface area (Å²) < 4.78 is 0. The Hall–Kier alpha value is -2.05. The third-order valence-electron chi connectivity index (χ3n) is 1.31. The van der Waals surface area contributed by atoms with E-state index in [1.54, 1.807) is 0 Å². The van der Waals surface area contributed by atoms with Crippen molar-refractivity contribution >= 4 is 17.0 Å². The molecule has 2 aromatic heterocycles. The fraction of sp³-hybridized carbons (Fsp3) is 0. The minimum Gasteiger partial charge on any atom is -0.368 e. The number of nitrogens with one attached hydrogen (secondary N) is 1. The van der Waals surface area contributed by atoms with Gasteiger partial charge < -0.3 is 5.73 Å². The van der Waals surface area contributed by atoms with Crippen molar-refractivity contribution in [3.05, 3.63) is 16.6 Å². The molecule has 7 heteroatoms. The van der Waals surface area contributed by atoms with Crippen LogP contribution in [0.1, 0.15) is 0 Å². The molecule has 0 aliphatic rings. The number of fused-ring (bicyclic) bond motifs is 1. The van der Waals surface area contributed by atoms with E-state index in [0.717, 1.165) is 0 Å². The number of nitrogens with two attached hydrogens (primary N) is 1. The number of anilines is 1. The summed E-state index contributed by atoms with van der Waals surface area (Å²) in [4.78, 5) is 18.4. The first-order valence-electron chi connectivity index (χ1n) is 3.11. The van der Waals surface area contributed by atoms with Gasteiger partial charge in [0, 0.05) is 0 Å². The van der Waals surface area contributed by atoms with Crippen molar-refractivity contribution in [3.8, 4) is 0 Å². The highest BCUT2D eigenvalue weighted by atomic mass is 16.1. The van der Waals surface area contributed by atoms with Crippen LogP contribution in [0.2, 0.25) is 0 Å². The number of H-pyrrole nitrogens is 1. The normalized spacial score (nSPS) is 10.3. The number of rotatable bonds is 0. The zero-order valence-corrected chi connectivity index (χ0v) is 5.85. The lowest BCUT2D eigenvalue weighted by atomic mass is 10.4. The number of hydrogen-bond acceptors (Lipinski definition) is 6. The molecule has 12 heavy (non-hydrogen) atoms. The highest BCUT2D eigenvalue weighted by Crippen LogP contribution is 1.99. The average Bonchev–Trinajstić information content (AvgIpc) is 2.07. The van der Waals surface area contributed by atoms with Gasteiger partial charge in [-0.1, -0.05) is 5.21 Å². The Morgan fingerprint density at radius 1 is 1.50 bits per heavy atom. The Balaban J connectivity index is 2.98. The average molecular weight is 164 g/mol. The second-order valence-corrected chi connectivity index (χ2v) is 2.10. The number of aromatic nitrogens is 5. The van der Waals surface area contributed by atoms with Gasteiger partial charge in [0.25, 0.3) is 5.56 Å². The van der Waals surface area contributed by atoms with Gasteiger partial charge in [-0.25, -0.2) is 15.1 Å². The molecule has 0 radical (unpaired) electrons. The fourth-order valence-electron chi connectivity index (χ4n) is 0.807. The van der Waals surface area contributed by atoms with Gasteiger partial charge in [-0.2, -0.15) is 0 Å². The van der Waals surface area contributed by atoms with Crippen molar-refractivity contribution < 1.29 is 0 Å². The maximum atomic E-state index is 11.0. The number of hydrogen-bond donors (Lipinski definition) is 2. The van der Waals surface area contributed by atoms with E-state index in [0.29, 0.717) is 5.52 Å². The van der Waals surface area contributed by atoms with E-state index in [1.165, 1.54) is 6.20 Å². The third-order valence-corrected chi connectivity index (χ3v) is 1.31. The van der Waals surface area contributed by atoms with Gasteiger partial charge >= 0.3 is 0 Å². The van der Waals surface area contributed by atoms with Crippen molar-refractivity contribution in [3.63, 3.8) is 0 Å². The first-order chi connectivity index (χ1) is 5.77. The molecule has 0 aromatic carbocycles. The van der Waals surface area contributed by atoms with Gasteiger partial charge in [-0.3, -0.25) is 4.79 Å². The van der Waals surface area contributed by atoms with Crippen LogP contribution in [0, 0.1) is 0 Å². The maximum absolute atomic E-state index is 11.0. The summed E-state index contributed by atoms with van der Waals surface area (Å²) >= 11 is 0. The Kier molecular flexibility index (Phi) is 1.23. The molecule has 0 saturated heterocycles. The maximum Gasteiger partial charge on any atom is 0.293 e. The van der Waals surface area contributed by atoms with Crippen molar-refractivity contribution in [1.29, 1.82) is 0 Å².